The second-order valence-corrected chi connectivity index (χ2v) is 9.60. The maximum atomic E-state index is 13.5. The van der Waals surface area contributed by atoms with Gasteiger partial charge in [0.25, 0.3) is 0 Å². The molecule has 176 valence electrons. The number of aromatic amines is 1. The van der Waals surface area contributed by atoms with E-state index in [-0.39, 0.29) is 11.2 Å². The Hall–Kier alpha value is -4.41. The molecule has 0 unspecified atom stereocenters. The quantitative estimate of drug-likeness (QED) is 0.244. The third-order valence-electron chi connectivity index (χ3n) is 5.50. The number of benzene rings is 3. The lowest BCUT2D eigenvalue weighted by atomic mass is 10.1. The van der Waals surface area contributed by atoms with Gasteiger partial charge in [-0.05, 0) is 18.2 Å². The van der Waals surface area contributed by atoms with Crippen molar-refractivity contribution in [3.05, 3.63) is 94.6 Å². The molecular formula is C26H18N6O2S2. The number of rotatable bonds is 6. The smallest absolute Gasteiger partial charge is 0.301 e. The van der Waals surface area contributed by atoms with Crippen molar-refractivity contribution >= 4 is 43.7 Å². The number of nitrogens with zero attached hydrogens (tertiary/aromatic N) is 5. The zero-order valence-corrected chi connectivity index (χ0v) is 20.6. The molecule has 6 rings (SSSR count). The zero-order chi connectivity index (χ0) is 24.5. The summed E-state index contributed by atoms with van der Waals surface area (Å²) in [6.07, 6.45) is 0. The molecule has 6 aromatic rings. The summed E-state index contributed by atoms with van der Waals surface area (Å²) in [7, 11) is 1.62. The Kier molecular flexibility index (Phi) is 5.72. The minimum Gasteiger partial charge on any atom is -0.497 e. The molecule has 3 aromatic heterocycles. The maximum Gasteiger partial charge on any atom is 0.301 e. The highest BCUT2D eigenvalue weighted by atomic mass is 32.1. The highest BCUT2D eigenvalue weighted by molar-refractivity contribution is 7.21. The van der Waals surface area contributed by atoms with E-state index in [9.17, 15) is 4.79 Å². The molecular weight excluding hydrogens is 492 g/mol. The van der Waals surface area contributed by atoms with Crippen molar-refractivity contribution in [1.29, 1.82) is 0 Å². The zero-order valence-electron chi connectivity index (χ0n) is 19.0. The van der Waals surface area contributed by atoms with Crippen molar-refractivity contribution < 1.29 is 4.74 Å². The van der Waals surface area contributed by atoms with E-state index in [4.69, 9.17) is 4.74 Å². The molecule has 0 aliphatic rings. The topological polar surface area (TPSA) is 97.5 Å². The van der Waals surface area contributed by atoms with Crippen molar-refractivity contribution in [2.45, 2.75) is 0 Å². The van der Waals surface area contributed by atoms with E-state index in [1.165, 1.54) is 27.4 Å². The predicted octanol–water partition coefficient (Wildman–Crippen LogP) is 6.99. The number of methoxy groups -OCH3 is 1. The molecule has 0 bridgehead atoms. The molecule has 0 fully saturated rings. The van der Waals surface area contributed by atoms with E-state index < -0.39 is 0 Å². The van der Waals surface area contributed by atoms with Gasteiger partial charge in [0.05, 0.1) is 28.7 Å². The summed E-state index contributed by atoms with van der Waals surface area (Å²) in [5.41, 5.74) is 3.80. The van der Waals surface area contributed by atoms with Crippen LogP contribution in [0, 0.1) is 0 Å². The van der Waals surface area contributed by atoms with E-state index in [0.717, 1.165) is 32.8 Å². The van der Waals surface area contributed by atoms with Crippen LogP contribution in [0.25, 0.3) is 37.9 Å². The first-order valence-corrected chi connectivity index (χ1v) is 12.7. The first-order chi connectivity index (χ1) is 17.7. The Labute approximate surface area is 213 Å². The number of thiazole rings is 2. The Morgan fingerprint density at radius 2 is 1.67 bits per heavy atom. The van der Waals surface area contributed by atoms with Crippen LogP contribution in [0.3, 0.4) is 0 Å². The molecule has 8 nitrogen and oxygen atoms in total. The monoisotopic (exact) mass is 510 g/mol. The normalized spacial score (nSPS) is 11.5. The fourth-order valence-corrected chi connectivity index (χ4v) is 5.33. The Morgan fingerprint density at radius 1 is 0.917 bits per heavy atom. The van der Waals surface area contributed by atoms with Crippen molar-refractivity contribution in [3.8, 4) is 33.4 Å². The van der Waals surface area contributed by atoms with E-state index in [1.807, 2.05) is 84.2 Å². The number of fused-ring (bicyclic) bond motifs is 1. The van der Waals surface area contributed by atoms with Gasteiger partial charge in [-0.15, -0.1) is 21.6 Å². The van der Waals surface area contributed by atoms with Gasteiger partial charge in [0, 0.05) is 16.5 Å². The van der Waals surface area contributed by atoms with E-state index >= 15 is 0 Å². The fraction of sp³-hybridized carbons (Fsp3) is 0.0385. The van der Waals surface area contributed by atoms with Gasteiger partial charge in [0.1, 0.15) is 5.75 Å². The van der Waals surface area contributed by atoms with Crippen LogP contribution in [-0.4, -0.2) is 26.9 Å². The van der Waals surface area contributed by atoms with Crippen LogP contribution < -0.4 is 10.3 Å². The average Bonchev–Trinajstić information content (AvgIpc) is 3.65. The van der Waals surface area contributed by atoms with Crippen LogP contribution in [0.15, 0.2) is 99.3 Å². The molecule has 10 heteroatoms. The van der Waals surface area contributed by atoms with Crippen LogP contribution in [0.5, 0.6) is 5.75 Å². The second kappa shape index (κ2) is 9.33. The minimum absolute atomic E-state index is 0.189. The molecule has 0 amide bonds. The molecule has 0 saturated heterocycles. The van der Waals surface area contributed by atoms with Gasteiger partial charge in [-0.25, -0.2) is 9.97 Å². The van der Waals surface area contributed by atoms with Gasteiger partial charge in [-0.1, -0.05) is 72.0 Å². The van der Waals surface area contributed by atoms with Crippen molar-refractivity contribution in [2.75, 3.05) is 7.11 Å². The molecule has 0 radical (unpaired) electrons. The summed E-state index contributed by atoms with van der Waals surface area (Å²) in [6.45, 7) is 0. The Balaban J connectivity index is 1.43. The van der Waals surface area contributed by atoms with Gasteiger partial charge < -0.3 is 4.74 Å². The van der Waals surface area contributed by atoms with Crippen LogP contribution >= 0.6 is 22.7 Å². The number of H-pyrrole nitrogens is 1. The molecule has 3 aromatic carbocycles. The number of aromatic nitrogens is 4. The first kappa shape index (κ1) is 22.1. The number of azo groups is 1. The van der Waals surface area contributed by atoms with Gasteiger partial charge in [-0.2, -0.15) is 4.68 Å². The van der Waals surface area contributed by atoms with Gasteiger partial charge >= 0.3 is 5.56 Å². The highest BCUT2D eigenvalue weighted by Gasteiger charge is 2.19. The number of nitrogens with one attached hydrogen (secondary N) is 1. The SMILES string of the molecule is COc1ccc2nc(N=Nc3c(-c4ccccc4)[nH]n(-c4nc(-c5ccccc5)cs4)c3=O)sc2c1. The van der Waals surface area contributed by atoms with Gasteiger partial charge in [0.15, 0.2) is 5.69 Å². The summed E-state index contributed by atoms with van der Waals surface area (Å²) >= 11 is 2.75. The van der Waals surface area contributed by atoms with Gasteiger partial charge in [-0.3, -0.25) is 9.89 Å². The van der Waals surface area contributed by atoms with Gasteiger partial charge in [0.2, 0.25) is 10.3 Å². The molecule has 0 spiro atoms. The van der Waals surface area contributed by atoms with Crippen LogP contribution in [-0.2, 0) is 0 Å². The third kappa shape index (κ3) is 4.12. The van der Waals surface area contributed by atoms with Crippen molar-refractivity contribution in [1.82, 2.24) is 19.7 Å². The standard InChI is InChI=1S/C26H18N6O2S2/c1-34-18-12-13-19-21(14-18)36-25(27-19)30-29-23-22(17-10-6-3-7-11-17)31-32(24(23)33)26-28-20(15-35-26)16-8-4-2-5-9-16/h2-15,31H,1H3. The molecule has 0 aliphatic heterocycles. The van der Waals surface area contributed by atoms with Crippen LogP contribution in [0.4, 0.5) is 10.8 Å². The lowest BCUT2D eigenvalue weighted by Gasteiger charge is -1.98. The van der Waals surface area contributed by atoms with Crippen molar-refractivity contribution in [2.24, 2.45) is 10.2 Å². The average molecular weight is 511 g/mol. The summed E-state index contributed by atoms with van der Waals surface area (Å²) < 4.78 is 7.63. The third-order valence-corrected chi connectivity index (χ3v) is 7.23. The first-order valence-electron chi connectivity index (χ1n) is 11.0. The summed E-state index contributed by atoms with van der Waals surface area (Å²) in [6, 6.07) is 25.0. The summed E-state index contributed by atoms with van der Waals surface area (Å²) in [5.74, 6) is 0.743. The van der Waals surface area contributed by atoms with E-state index in [1.54, 1.807) is 7.11 Å². The molecule has 36 heavy (non-hydrogen) atoms. The summed E-state index contributed by atoms with van der Waals surface area (Å²) in [4.78, 5) is 22.7. The predicted molar refractivity (Wildman–Crippen MR) is 143 cm³/mol. The molecule has 1 N–H and O–H groups in total. The second-order valence-electron chi connectivity index (χ2n) is 7.75. The minimum atomic E-state index is -0.339. The maximum absolute atomic E-state index is 13.5. The molecule has 0 atom stereocenters. The van der Waals surface area contributed by atoms with E-state index in [2.05, 4.69) is 25.3 Å². The number of hydrogen-bond donors (Lipinski definition) is 1. The van der Waals surface area contributed by atoms with Crippen LogP contribution in [0.2, 0.25) is 0 Å². The molecule has 0 aliphatic carbocycles. The molecule has 3 heterocycles. The molecule has 0 saturated carbocycles. The largest absolute Gasteiger partial charge is 0.497 e. The van der Waals surface area contributed by atoms with E-state index in [0.29, 0.717) is 16.0 Å². The Morgan fingerprint density at radius 3 is 2.42 bits per heavy atom. The van der Waals surface area contributed by atoms with Crippen molar-refractivity contribution in [3.63, 3.8) is 0 Å². The highest BCUT2D eigenvalue weighted by Crippen LogP contribution is 2.33. The lowest BCUT2D eigenvalue weighted by Crippen LogP contribution is -2.13. The fourth-order valence-electron chi connectivity index (χ4n) is 3.73. The van der Waals surface area contributed by atoms with Crippen LogP contribution in [0.1, 0.15) is 0 Å². The Bertz CT molecular complexity index is 1750. The number of hydrogen-bond acceptors (Lipinski definition) is 8. The lowest BCUT2D eigenvalue weighted by molar-refractivity contribution is 0.415. The summed E-state index contributed by atoms with van der Waals surface area (Å²) in [5, 5.41) is 14.8. The number of ether oxygens (including phenoxy) is 1.